The van der Waals surface area contributed by atoms with E-state index in [2.05, 4.69) is 190 Å². The molecule has 0 radical (unpaired) electrons. The number of halogens is 1. The Hall–Kier alpha value is -3.61. The van der Waals surface area contributed by atoms with Gasteiger partial charge in [0.25, 0.3) is 8.24 Å². The second kappa shape index (κ2) is 12.0. The first-order valence-corrected chi connectivity index (χ1v) is 20.3. The summed E-state index contributed by atoms with van der Waals surface area (Å²) in [6.45, 7) is 13.9. The van der Waals surface area contributed by atoms with Gasteiger partial charge in [0.2, 0.25) is 5.88 Å². The average Bonchev–Trinajstić information content (AvgIpc) is 3.37. The summed E-state index contributed by atoms with van der Waals surface area (Å²) in [6, 6.07) is 43.2. The van der Waals surface area contributed by atoms with Gasteiger partial charge in [0.15, 0.2) is 0 Å². The highest BCUT2D eigenvalue weighted by Gasteiger charge is 2.55. The lowest BCUT2D eigenvalue weighted by molar-refractivity contribution is 0.494. The molecule has 0 aliphatic heterocycles. The number of hydrogen-bond donors (Lipinski definition) is 0. The average molecular weight is 739 g/mol. The van der Waals surface area contributed by atoms with Crippen LogP contribution in [-0.2, 0) is 0 Å². The molecule has 0 aliphatic carbocycles. The van der Waals surface area contributed by atoms with Crippen LogP contribution in [0.15, 0.2) is 128 Å². The highest BCUT2D eigenvalue weighted by Crippen LogP contribution is 2.42. The Balaban J connectivity index is 1.74. The molecule has 0 spiro atoms. The number of nitrogens with zero attached hydrogens (tertiary/aromatic N) is 4. The van der Waals surface area contributed by atoms with Crippen molar-refractivity contribution in [3.05, 3.63) is 131 Å². The lowest BCUT2D eigenvalue weighted by Gasteiger charge is -2.44. The minimum Gasteiger partial charge on any atom is -0.520 e. The van der Waals surface area contributed by atoms with Gasteiger partial charge in [-0.15, -0.1) is 0 Å². The van der Waals surface area contributed by atoms with Crippen molar-refractivity contribution in [1.29, 1.82) is 0 Å². The van der Waals surface area contributed by atoms with Gasteiger partial charge in [0.05, 0.1) is 0 Å². The maximum atomic E-state index is 7.63. The van der Waals surface area contributed by atoms with Crippen LogP contribution in [0.4, 0.5) is 0 Å². The molecule has 0 aliphatic rings. The van der Waals surface area contributed by atoms with Crippen LogP contribution in [0.3, 0.4) is 0 Å². The second-order valence-electron chi connectivity index (χ2n) is 13.5. The first kappa shape index (κ1) is 31.4. The lowest BCUT2D eigenvalue weighted by Crippen LogP contribution is -2.70. The molecule has 45 heavy (non-hydrogen) atoms. The Morgan fingerprint density at radius 3 is 1.40 bits per heavy atom. The van der Waals surface area contributed by atoms with Crippen LogP contribution >= 0.6 is 22.6 Å². The first-order chi connectivity index (χ1) is 21.5. The topological polar surface area (TPSA) is 52.8 Å². The summed E-state index contributed by atoms with van der Waals surface area (Å²) >= 11 is 2.33. The Kier molecular flexibility index (Phi) is 8.34. The maximum Gasteiger partial charge on any atom is 0.322 e. The first-order valence-electron chi connectivity index (χ1n) is 15.3. The third kappa shape index (κ3) is 5.16. The van der Waals surface area contributed by atoms with Gasteiger partial charge in [-0.25, -0.2) is 9.97 Å². The molecule has 6 rings (SSSR count). The van der Waals surface area contributed by atoms with E-state index in [1.54, 1.807) is 6.33 Å². The molecule has 0 amide bonds. The van der Waals surface area contributed by atoms with Crippen molar-refractivity contribution >= 4 is 70.9 Å². The normalized spacial score (nSPS) is 12.8. The summed E-state index contributed by atoms with van der Waals surface area (Å²) in [5, 5.41) is 9.88. The zero-order valence-corrected chi connectivity index (χ0v) is 30.9. The van der Waals surface area contributed by atoms with E-state index in [1.165, 1.54) is 20.7 Å². The predicted molar refractivity (Wildman–Crippen MR) is 199 cm³/mol. The maximum absolute atomic E-state index is 7.63. The van der Waals surface area contributed by atoms with Crippen molar-refractivity contribution in [2.45, 2.75) is 51.6 Å². The molecule has 228 valence electrons. The van der Waals surface area contributed by atoms with Gasteiger partial charge in [-0.3, -0.25) is 4.35 Å². The van der Waals surface area contributed by atoms with Crippen LogP contribution in [0.2, 0.25) is 10.1 Å². The standard InChI is InChI=1S/C37H39IN4OSi2/c1-36(2,3)44(28-19-11-7-12-20-28,29-21-13-8-14-22-29)42-33-32(34(38)41-42)39-27-40-35(33)43-45(37(4,5)6,30-23-15-9-16-24-30)31-25-17-10-18-26-31/h7-27H,1-6H3. The van der Waals surface area contributed by atoms with E-state index >= 15 is 0 Å². The molecule has 2 aromatic heterocycles. The lowest BCUT2D eigenvalue weighted by atomic mass is 10.2. The quantitative estimate of drug-likeness (QED) is 0.134. The van der Waals surface area contributed by atoms with Crippen LogP contribution in [0.1, 0.15) is 41.5 Å². The Bertz CT molecular complexity index is 1820. The van der Waals surface area contributed by atoms with E-state index in [9.17, 15) is 0 Å². The summed E-state index contributed by atoms with van der Waals surface area (Å²) in [7, 11) is -5.93. The summed E-state index contributed by atoms with van der Waals surface area (Å²) in [4.78, 5) is 9.81. The molecule has 0 saturated heterocycles. The number of fused-ring (bicyclic) bond motifs is 1. The predicted octanol–water partition coefficient (Wildman–Crippen LogP) is 6.78. The molecule has 6 aromatic rings. The van der Waals surface area contributed by atoms with Crippen LogP contribution in [-0.4, -0.2) is 36.0 Å². The van der Waals surface area contributed by atoms with E-state index < -0.39 is 16.6 Å². The molecule has 0 saturated carbocycles. The van der Waals surface area contributed by atoms with Gasteiger partial charge in [0, 0.05) is 0 Å². The van der Waals surface area contributed by atoms with E-state index in [-0.39, 0.29) is 10.1 Å². The van der Waals surface area contributed by atoms with Crippen molar-refractivity contribution in [3.63, 3.8) is 0 Å². The van der Waals surface area contributed by atoms with Crippen molar-refractivity contribution in [2.75, 3.05) is 0 Å². The third-order valence-electron chi connectivity index (χ3n) is 8.84. The molecule has 2 heterocycles. The highest BCUT2D eigenvalue weighted by atomic mass is 127. The van der Waals surface area contributed by atoms with Gasteiger partial charge in [-0.1, -0.05) is 163 Å². The molecule has 0 atom stereocenters. The fourth-order valence-corrected chi connectivity index (χ4v) is 17.5. The summed E-state index contributed by atoms with van der Waals surface area (Å²) < 4.78 is 10.8. The Labute approximate surface area is 282 Å². The van der Waals surface area contributed by atoms with Gasteiger partial charge in [0.1, 0.15) is 21.1 Å². The van der Waals surface area contributed by atoms with Crippen molar-refractivity contribution in [1.82, 2.24) is 19.4 Å². The number of aromatic nitrogens is 4. The van der Waals surface area contributed by atoms with E-state index in [0.717, 1.165) is 14.7 Å². The Morgan fingerprint density at radius 2 is 1.00 bits per heavy atom. The zero-order chi connectivity index (χ0) is 31.9. The smallest absolute Gasteiger partial charge is 0.322 e. The SMILES string of the molecule is CC(C)(C)[Si](Oc1ncnc2c(I)nn([Si](c3ccccc3)(c3ccccc3)C(C)(C)C)c12)(c1ccccc1)c1ccccc1. The fourth-order valence-electron chi connectivity index (χ4n) is 6.96. The van der Waals surface area contributed by atoms with Gasteiger partial charge in [-0.05, 0) is 53.4 Å². The molecule has 0 bridgehead atoms. The second-order valence-corrected chi connectivity index (χ2v) is 23.3. The van der Waals surface area contributed by atoms with Crippen molar-refractivity contribution < 1.29 is 4.43 Å². The fraction of sp³-hybridized carbons (Fsp3) is 0.216. The number of rotatable bonds is 7. The summed E-state index contributed by atoms with van der Waals surface area (Å²) in [5.74, 6) is 0.581. The monoisotopic (exact) mass is 738 g/mol. The largest absolute Gasteiger partial charge is 0.520 e. The van der Waals surface area contributed by atoms with Crippen LogP contribution in [0.25, 0.3) is 11.0 Å². The molecule has 5 nitrogen and oxygen atoms in total. The number of benzene rings is 4. The minimum atomic E-state index is -3.00. The molecule has 8 heteroatoms. The molecule has 4 aromatic carbocycles. The third-order valence-corrected chi connectivity index (χ3v) is 19.9. The Morgan fingerprint density at radius 1 is 0.578 bits per heavy atom. The van der Waals surface area contributed by atoms with Crippen molar-refractivity contribution in [3.8, 4) is 5.88 Å². The van der Waals surface area contributed by atoms with Crippen molar-refractivity contribution in [2.24, 2.45) is 0 Å². The molecule has 0 unspecified atom stereocenters. The number of hydrogen-bond acceptors (Lipinski definition) is 4. The van der Waals surface area contributed by atoms with Gasteiger partial charge < -0.3 is 4.43 Å². The van der Waals surface area contributed by atoms with E-state index in [1.807, 2.05) is 0 Å². The molecule has 0 fully saturated rings. The van der Waals surface area contributed by atoms with Gasteiger partial charge in [-0.2, -0.15) is 5.10 Å². The molecular formula is C37H39IN4OSi2. The summed E-state index contributed by atoms with van der Waals surface area (Å²) in [5.41, 5.74) is 1.66. The molecule has 0 N–H and O–H groups in total. The van der Waals surface area contributed by atoms with Crippen LogP contribution < -0.4 is 25.2 Å². The van der Waals surface area contributed by atoms with E-state index in [0.29, 0.717) is 5.88 Å². The minimum absolute atomic E-state index is 0.192. The van der Waals surface area contributed by atoms with Crippen LogP contribution in [0.5, 0.6) is 5.88 Å². The van der Waals surface area contributed by atoms with Gasteiger partial charge >= 0.3 is 8.32 Å². The van der Waals surface area contributed by atoms with Crippen LogP contribution in [0, 0.1) is 3.70 Å². The zero-order valence-electron chi connectivity index (χ0n) is 26.7. The summed E-state index contributed by atoms with van der Waals surface area (Å²) in [6.07, 6.45) is 1.63. The highest BCUT2D eigenvalue weighted by molar-refractivity contribution is 14.1. The van der Waals surface area contributed by atoms with E-state index in [4.69, 9.17) is 19.5 Å². The molecular weight excluding hydrogens is 700 g/mol.